The Morgan fingerprint density at radius 3 is 2.82 bits per heavy atom. The second-order valence-corrected chi connectivity index (χ2v) is 5.91. The Labute approximate surface area is 132 Å². The number of carbonyl (C=O) groups excluding carboxylic acids is 1. The molecule has 0 bridgehead atoms. The smallest absolute Gasteiger partial charge is 0.227 e. The monoisotopic (exact) mass is 323 g/mol. The summed E-state index contributed by atoms with van der Waals surface area (Å²) in [6.45, 7) is 2.36. The fourth-order valence-corrected chi connectivity index (χ4v) is 2.62. The van der Waals surface area contributed by atoms with Crippen LogP contribution in [0.25, 0.3) is 0 Å². The van der Waals surface area contributed by atoms with E-state index in [2.05, 4.69) is 15.5 Å². The molecular weight excluding hydrogens is 305 g/mol. The van der Waals surface area contributed by atoms with Crippen molar-refractivity contribution < 1.29 is 13.7 Å². The Morgan fingerprint density at radius 1 is 1.36 bits per heavy atom. The molecule has 1 aromatic carbocycles. The van der Waals surface area contributed by atoms with E-state index >= 15 is 0 Å². The molecule has 118 valence electrons. The molecule has 5 nitrogen and oxygen atoms in total. The van der Waals surface area contributed by atoms with Crippen molar-refractivity contribution in [1.29, 1.82) is 0 Å². The largest absolute Gasteiger partial charge is 0.356 e. The summed E-state index contributed by atoms with van der Waals surface area (Å²) in [6, 6.07) is 6.41. The molecule has 0 saturated carbocycles. The van der Waals surface area contributed by atoms with Gasteiger partial charge in [0.25, 0.3) is 0 Å². The fraction of sp³-hybridized carbons (Fsp3) is 0.400. The highest BCUT2D eigenvalue weighted by molar-refractivity contribution is 7.99. The van der Waals surface area contributed by atoms with Gasteiger partial charge < -0.3 is 9.84 Å². The minimum atomic E-state index is -0.229. The van der Waals surface area contributed by atoms with Crippen LogP contribution in [0.15, 0.2) is 33.7 Å². The highest BCUT2D eigenvalue weighted by Crippen LogP contribution is 2.18. The van der Waals surface area contributed by atoms with E-state index in [4.69, 9.17) is 4.52 Å². The van der Waals surface area contributed by atoms with E-state index in [9.17, 15) is 9.18 Å². The van der Waals surface area contributed by atoms with E-state index in [0.29, 0.717) is 31.1 Å². The molecule has 0 aliphatic carbocycles. The third kappa shape index (κ3) is 5.85. The van der Waals surface area contributed by atoms with Gasteiger partial charge in [0.05, 0.1) is 0 Å². The first-order chi connectivity index (χ1) is 10.6. The van der Waals surface area contributed by atoms with Crippen LogP contribution >= 0.6 is 11.8 Å². The van der Waals surface area contributed by atoms with Gasteiger partial charge in [0, 0.05) is 24.3 Å². The number of nitrogens with zero attached hydrogens (tertiary/aromatic N) is 2. The minimum Gasteiger partial charge on any atom is -0.356 e. The van der Waals surface area contributed by atoms with Crippen LogP contribution in [0.5, 0.6) is 0 Å². The maximum atomic E-state index is 12.7. The van der Waals surface area contributed by atoms with Gasteiger partial charge >= 0.3 is 0 Å². The Morgan fingerprint density at radius 2 is 2.14 bits per heavy atom. The Bertz CT molecular complexity index is 601. The summed E-state index contributed by atoms with van der Waals surface area (Å²) in [5.74, 6) is 1.68. The van der Waals surface area contributed by atoms with E-state index in [0.717, 1.165) is 17.1 Å². The summed E-state index contributed by atoms with van der Waals surface area (Å²) in [7, 11) is 0. The van der Waals surface area contributed by atoms with Crippen LogP contribution in [0.2, 0.25) is 0 Å². The zero-order valence-corrected chi connectivity index (χ0v) is 13.2. The van der Waals surface area contributed by atoms with E-state index in [1.807, 2.05) is 0 Å². The van der Waals surface area contributed by atoms with Gasteiger partial charge in [0.1, 0.15) is 5.82 Å². The number of benzene rings is 1. The molecule has 0 aliphatic rings. The van der Waals surface area contributed by atoms with E-state index in [1.54, 1.807) is 30.8 Å². The highest BCUT2D eigenvalue weighted by atomic mass is 32.2. The van der Waals surface area contributed by atoms with Gasteiger partial charge in [-0.1, -0.05) is 5.16 Å². The van der Waals surface area contributed by atoms with Crippen LogP contribution in [0.4, 0.5) is 4.39 Å². The fourth-order valence-electron chi connectivity index (χ4n) is 1.77. The summed E-state index contributed by atoms with van der Waals surface area (Å²) >= 11 is 1.64. The van der Waals surface area contributed by atoms with Crippen LogP contribution in [-0.2, 0) is 11.2 Å². The first-order valence-electron chi connectivity index (χ1n) is 7.08. The number of aromatic nitrogens is 2. The summed E-state index contributed by atoms with van der Waals surface area (Å²) in [5, 5.41) is 6.52. The van der Waals surface area contributed by atoms with Gasteiger partial charge in [-0.25, -0.2) is 4.39 Å². The molecule has 1 aromatic heterocycles. The lowest BCUT2D eigenvalue weighted by atomic mass is 10.3. The number of rotatable bonds is 8. The van der Waals surface area contributed by atoms with Crippen molar-refractivity contribution in [3.05, 3.63) is 41.8 Å². The van der Waals surface area contributed by atoms with Crippen molar-refractivity contribution >= 4 is 17.7 Å². The van der Waals surface area contributed by atoms with Crippen molar-refractivity contribution in [2.75, 3.05) is 12.3 Å². The van der Waals surface area contributed by atoms with Crippen molar-refractivity contribution in [3.63, 3.8) is 0 Å². The number of carbonyl (C=O) groups is 1. The van der Waals surface area contributed by atoms with Crippen LogP contribution in [0.3, 0.4) is 0 Å². The molecule has 0 unspecified atom stereocenters. The van der Waals surface area contributed by atoms with Crippen LogP contribution in [-0.4, -0.2) is 28.3 Å². The molecule has 0 saturated heterocycles. The highest BCUT2D eigenvalue weighted by Gasteiger charge is 2.06. The molecule has 22 heavy (non-hydrogen) atoms. The summed E-state index contributed by atoms with van der Waals surface area (Å²) < 4.78 is 17.7. The van der Waals surface area contributed by atoms with Crippen molar-refractivity contribution in [1.82, 2.24) is 15.5 Å². The quantitative estimate of drug-likeness (QED) is 0.597. The molecule has 1 amide bonds. The predicted molar refractivity (Wildman–Crippen MR) is 82.1 cm³/mol. The maximum Gasteiger partial charge on any atom is 0.227 e. The SMILES string of the molecule is Cc1noc(CCC(=O)NCCCSc2ccc(F)cc2)n1. The maximum absolute atomic E-state index is 12.7. The van der Waals surface area contributed by atoms with Gasteiger partial charge in [0.2, 0.25) is 11.8 Å². The first-order valence-corrected chi connectivity index (χ1v) is 8.06. The molecule has 0 radical (unpaired) electrons. The van der Waals surface area contributed by atoms with E-state index in [-0.39, 0.29) is 11.7 Å². The lowest BCUT2D eigenvalue weighted by Crippen LogP contribution is -2.25. The Hall–Kier alpha value is -1.89. The first kappa shape index (κ1) is 16.5. The topological polar surface area (TPSA) is 68.0 Å². The van der Waals surface area contributed by atoms with Crippen LogP contribution < -0.4 is 5.32 Å². The minimum absolute atomic E-state index is 0.0253. The van der Waals surface area contributed by atoms with Gasteiger partial charge in [-0.3, -0.25) is 4.79 Å². The number of aryl methyl sites for hydroxylation is 2. The third-order valence-electron chi connectivity index (χ3n) is 2.86. The molecule has 0 spiro atoms. The predicted octanol–water partition coefficient (Wildman–Crippen LogP) is 2.75. The number of hydrogen-bond acceptors (Lipinski definition) is 5. The lowest BCUT2D eigenvalue weighted by Gasteiger charge is -2.04. The third-order valence-corrected chi connectivity index (χ3v) is 3.96. The summed E-state index contributed by atoms with van der Waals surface area (Å²) in [4.78, 5) is 16.7. The molecule has 7 heteroatoms. The van der Waals surface area contributed by atoms with Crippen molar-refractivity contribution in [2.24, 2.45) is 0 Å². The second kappa shape index (κ2) is 8.53. The average molecular weight is 323 g/mol. The standard InChI is InChI=1S/C15H18FN3O2S/c1-11-18-15(21-19-11)8-7-14(20)17-9-2-10-22-13-5-3-12(16)4-6-13/h3-6H,2,7-10H2,1H3,(H,17,20). The van der Waals surface area contributed by atoms with Gasteiger partial charge in [-0.2, -0.15) is 4.98 Å². The molecule has 2 rings (SSSR count). The summed E-state index contributed by atoms with van der Waals surface area (Å²) in [6.07, 6.45) is 1.65. The Kier molecular flexibility index (Phi) is 6.39. The molecule has 0 aliphatic heterocycles. The number of nitrogens with one attached hydrogen (secondary N) is 1. The number of halogens is 1. The number of thioether (sulfide) groups is 1. The second-order valence-electron chi connectivity index (χ2n) is 4.74. The van der Waals surface area contributed by atoms with E-state index < -0.39 is 0 Å². The average Bonchev–Trinajstić information content (AvgIpc) is 2.92. The normalized spacial score (nSPS) is 10.6. The molecular formula is C15H18FN3O2S. The molecule has 0 atom stereocenters. The molecule has 2 aromatic rings. The van der Waals surface area contributed by atoms with Crippen molar-refractivity contribution in [2.45, 2.75) is 31.1 Å². The zero-order valence-electron chi connectivity index (χ0n) is 12.3. The lowest BCUT2D eigenvalue weighted by molar-refractivity contribution is -0.121. The zero-order chi connectivity index (χ0) is 15.8. The van der Waals surface area contributed by atoms with Gasteiger partial charge in [-0.05, 0) is 43.4 Å². The molecule has 0 fully saturated rings. The summed E-state index contributed by atoms with van der Waals surface area (Å²) in [5.41, 5.74) is 0. The van der Waals surface area contributed by atoms with Crippen molar-refractivity contribution in [3.8, 4) is 0 Å². The van der Waals surface area contributed by atoms with Gasteiger partial charge in [-0.15, -0.1) is 11.8 Å². The molecule has 1 N–H and O–H groups in total. The molecule has 1 heterocycles. The van der Waals surface area contributed by atoms with E-state index in [1.165, 1.54) is 12.1 Å². The number of amides is 1. The van der Waals surface area contributed by atoms with Crippen LogP contribution in [0.1, 0.15) is 24.6 Å². The number of hydrogen-bond donors (Lipinski definition) is 1. The van der Waals surface area contributed by atoms with Gasteiger partial charge in [0.15, 0.2) is 5.82 Å². The Balaban J connectivity index is 1.54. The van der Waals surface area contributed by atoms with Crippen LogP contribution in [0, 0.1) is 12.7 Å².